The summed E-state index contributed by atoms with van der Waals surface area (Å²) in [5.74, 6) is 0.550. The van der Waals surface area contributed by atoms with Gasteiger partial charge in [0.15, 0.2) is 0 Å². The quantitative estimate of drug-likeness (QED) is 0.643. The minimum absolute atomic E-state index is 0.273. The fraction of sp³-hybridized carbons (Fsp3) is 0.308. The van der Waals surface area contributed by atoms with Crippen molar-refractivity contribution >= 4 is 32.8 Å². The van der Waals surface area contributed by atoms with Gasteiger partial charge in [0, 0.05) is 23.6 Å². The van der Waals surface area contributed by atoms with Gasteiger partial charge >= 0.3 is 5.97 Å². The third-order valence-corrected chi connectivity index (χ3v) is 3.46. The van der Waals surface area contributed by atoms with Crippen LogP contribution in [0.3, 0.4) is 0 Å². The van der Waals surface area contributed by atoms with Gasteiger partial charge in [-0.3, -0.25) is 4.79 Å². The Labute approximate surface area is 114 Å². The summed E-state index contributed by atoms with van der Waals surface area (Å²) in [6.07, 6.45) is 1.95. The minimum atomic E-state index is -0.347. The standard InChI is InChI=1S/C13H14BrNO3/c1-17-10-3-4-12-9(7-10)5-6-15(12)8-11(14)13(16)18-2/h3-7,11H,8H2,1-2H3. The third kappa shape index (κ3) is 2.51. The van der Waals surface area contributed by atoms with Gasteiger partial charge in [-0.05, 0) is 24.3 Å². The summed E-state index contributed by atoms with van der Waals surface area (Å²) in [4.78, 5) is 11.0. The van der Waals surface area contributed by atoms with E-state index in [0.29, 0.717) is 6.54 Å². The maximum atomic E-state index is 11.4. The normalized spacial score (nSPS) is 12.4. The number of carbonyl (C=O) groups excluding carboxylic acids is 1. The van der Waals surface area contributed by atoms with Gasteiger partial charge in [0.1, 0.15) is 10.6 Å². The number of hydrogen-bond donors (Lipinski definition) is 0. The average molecular weight is 312 g/mol. The number of carbonyl (C=O) groups is 1. The molecule has 0 N–H and O–H groups in total. The van der Waals surface area contributed by atoms with E-state index in [0.717, 1.165) is 16.7 Å². The number of halogens is 1. The number of alkyl halides is 1. The summed E-state index contributed by atoms with van der Waals surface area (Å²) in [5.41, 5.74) is 1.06. The van der Waals surface area contributed by atoms with Crippen molar-refractivity contribution in [1.29, 1.82) is 0 Å². The van der Waals surface area contributed by atoms with E-state index < -0.39 is 0 Å². The highest BCUT2D eigenvalue weighted by Gasteiger charge is 2.16. The van der Waals surface area contributed by atoms with E-state index in [4.69, 9.17) is 9.47 Å². The van der Waals surface area contributed by atoms with Crippen molar-refractivity contribution in [2.24, 2.45) is 0 Å². The molecule has 0 radical (unpaired) electrons. The number of rotatable bonds is 4. The van der Waals surface area contributed by atoms with Crippen molar-refractivity contribution in [3.8, 4) is 5.75 Å². The van der Waals surface area contributed by atoms with Crippen LogP contribution in [0.15, 0.2) is 30.5 Å². The molecule has 4 nitrogen and oxygen atoms in total. The molecule has 5 heteroatoms. The van der Waals surface area contributed by atoms with Gasteiger partial charge in [-0.25, -0.2) is 0 Å². The lowest BCUT2D eigenvalue weighted by Crippen LogP contribution is -2.21. The number of methoxy groups -OCH3 is 2. The van der Waals surface area contributed by atoms with E-state index in [2.05, 4.69) is 15.9 Å². The lowest BCUT2D eigenvalue weighted by molar-refractivity contribution is -0.140. The zero-order valence-electron chi connectivity index (χ0n) is 10.2. The predicted molar refractivity (Wildman–Crippen MR) is 73.2 cm³/mol. The maximum absolute atomic E-state index is 11.4. The van der Waals surface area contributed by atoms with Gasteiger partial charge in [0.2, 0.25) is 0 Å². The number of benzene rings is 1. The van der Waals surface area contributed by atoms with Crippen LogP contribution in [-0.2, 0) is 16.1 Å². The minimum Gasteiger partial charge on any atom is -0.497 e. The fourth-order valence-corrected chi connectivity index (χ4v) is 2.34. The van der Waals surface area contributed by atoms with E-state index >= 15 is 0 Å². The third-order valence-electron chi connectivity index (χ3n) is 2.79. The zero-order valence-corrected chi connectivity index (χ0v) is 11.8. The molecular formula is C13H14BrNO3. The molecule has 18 heavy (non-hydrogen) atoms. The Kier molecular flexibility index (Phi) is 3.91. The lowest BCUT2D eigenvalue weighted by atomic mass is 10.2. The van der Waals surface area contributed by atoms with E-state index in [-0.39, 0.29) is 10.8 Å². The zero-order chi connectivity index (χ0) is 13.1. The Morgan fingerprint density at radius 3 is 2.83 bits per heavy atom. The lowest BCUT2D eigenvalue weighted by Gasteiger charge is -2.10. The second-order valence-corrected chi connectivity index (χ2v) is 4.99. The summed E-state index contributed by atoms with van der Waals surface area (Å²) >= 11 is 3.32. The largest absolute Gasteiger partial charge is 0.497 e. The fourth-order valence-electron chi connectivity index (χ4n) is 1.84. The molecule has 1 aromatic heterocycles. The number of nitrogens with zero attached hydrogens (tertiary/aromatic N) is 1. The number of ether oxygens (including phenoxy) is 2. The predicted octanol–water partition coefficient (Wildman–Crippen LogP) is 2.59. The molecule has 1 unspecified atom stereocenters. The average Bonchev–Trinajstić information content (AvgIpc) is 2.80. The van der Waals surface area contributed by atoms with Gasteiger partial charge in [0.25, 0.3) is 0 Å². The van der Waals surface area contributed by atoms with E-state index in [1.54, 1.807) is 7.11 Å². The van der Waals surface area contributed by atoms with Crippen LogP contribution in [0.5, 0.6) is 5.75 Å². The Hall–Kier alpha value is -1.49. The Morgan fingerprint density at radius 2 is 2.17 bits per heavy atom. The molecule has 0 bridgehead atoms. The van der Waals surface area contributed by atoms with Crippen LogP contribution < -0.4 is 4.74 Å². The van der Waals surface area contributed by atoms with Gasteiger partial charge in [-0.1, -0.05) is 15.9 Å². The summed E-state index contributed by atoms with van der Waals surface area (Å²) in [5, 5.41) is 1.08. The first-order valence-corrected chi connectivity index (χ1v) is 6.42. The van der Waals surface area contributed by atoms with Crippen molar-refractivity contribution in [1.82, 2.24) is 4.57 Å². The van der Waals surface area contributed by atoms with Crippen molar-refractivity contribution in [3.05, 3.63) is 30.5 Å². The summed E-state index contributed by atoms with van der Waals surface area (Å²) in [7, 11) is 3.03. The monoisotopic (exact) mass is 311 g/mol. The molecule has 0 aliphatic carbocycles. The second-order valence-electron chi connectivity index (χ2n) is 3.88. The van der Waals surface area contributed by atoms with Gasteiger partial charge in [0.05, 0.1) is 14.2 Å². The molecule has 1 heterocycles. The second kappa shape index (κ2) is 5.44. The maximum Gasteiger partial charge on any atom is 0.321 e. The van der Waals surface area contributed by atoms with Crippen molar-refractivity contribution in [2.45, 2.75) is 11.4 Å². The summed E-state index contributed by atoms with van der Waals surface area (Å²) in [6, 6.07) is 7.84. The number of hydrogen-bond acceptors (Lipinski definition) is 3. The molecule has 0 saturated heterocycles. The van der Waals surface area contributed by atoms with Crippen molar-refractivity contribution < 1.29 is 14.3 Å². The first-order valence-electron chi connectivity index (χ1n) is 5.50. The van der Waals surface area contributed by atoms with Crippen LogP contribution in [0.25, 0.3) is 10.9 Å². The van der Waals surface area contributed by atoms with Crippen LogP contribution in [0.1, 0.15) is 0 Å². The molecule has 96 valence electrons. The van der Waals surface area contributed by atoms with Crippen molar-refractivity contribution in [3.63, 3.8) is 0 Å². The molecule has 0 spiro atoms. The van der Waals surface area contributed by atoms with Crippen LogP contribution in [-0.4, -0.2) is 29.6 Å². The summed E-state index contributed by atoms with van der Waals surface area (Å²) in [6.45, 7) is 0.530. The van der Waals surface area contributed by atoms with E-state index in [9.17, 15) is 4.79 Å². The van der Waals surface area contributed by atoms with E-state index in [1.165, 1.54) is 7.11 Å². The van der Waals surface area contributed by atoms with Gasteiger partial charge in [-0.15, -0.1) is 0 Å². The topological polar surface area (TPSA) is 40.5 Å². The Bertz CT molecular complexity index is 564. The molecule has 0 aliphatic rings. The highest BCUT2D eigenvalue weighted by molar-refractivity contribution is 9.10. The van der Waals surface area contributed by atoms with Crippen LogP contribution in [0, 0.1) is 0 Å². The molecular weight excluding hydrogens is 298 g/mol. The molecule has 2 rings (SSSR count). The molecule has 1 aromatic carbocycles. The Balaban J connectivity index is 2.27. The van der Waals surface area contributed by atoms with Gasteiger partial charge in [-0.2, -0.15) is 0 Å². The van der Waals surface area contributed by atoms with Crippen molar-refractivity contribution in [2.75, 3.05) is 14.2 Å². The number of esters is 1. The molecule has 0 aliphatic heterocycles. The first-order chi connectivity index (χ1) is 8.65. The number of aromatic nitrogens is 1. The summed E-state index contributed by atoms with van der Waals surface area (Å²) < 4.78 is 11.9. The molecule has 1 atom stereocenters. The molecule has 0 saturated carbocycles. The van der Waals surface area contributed by atoms with Gasteiger partial charge < -0.3 is 14.0 Å². The molecule has 0 fully saturated rings. The SMILES string of the molecule is COC(=O)C(Br)Cn1ccc2cc(OC)ccc21. The smallest absolute Gasteiger partial charge is 0.321 e. The van der Waals surface area contributed by atoms with Crippen LogP contribution in [0.2, 0.25) is 0 Å². The number of fused-ring (bicyclic) bond motifs is 1. The molecule has 0 amide bonds. The van der Waals surface area contributed by atoms with E-state index in [1.807, 2.05) is 35.0 Å². The highest BCUT2D eigenvalue weighted by Crippen LogP contribution is 2.22. The van der Waals surface area contributed by atoms with Crippen LogP contribution >= 0.6 is 15.9 Å². The van der Waals surface area contributed by atoms with Crippen LogP contribution in [0.4, 0.5) is 0 Å². The Morgan fingerprint density at radius 1 is 1.39 bits per heavy atom. The first kappa shape index (κ1) is 13.0. The molecule has 2 aromatic rings. The highest BCUT2D eigenvalue weighted by atomic mass is 79.9.